The summed E-state index contributed by atoms with van der Waals surface area (Å²) < 4.78 is 43.1. The first-order valence-electron chi connectivity index (χ1n) is 14.3. The predicted octanol–water partition coefficient (Wildman–Crippen LogP) is 3.85. The third-order valence-electron chi connectivity index (χ3n) is 8.57. The Kier molecular flexibility index (Phi) is 7.21. The topological polar surface area (TPSA) is 94.9 Å². The highest BCUT2D eigenvalue weighted by Crippen LogP contribution is 2.42. The molecule has 0 unspecified atom stereocenters. The summed E-state index contributed by atoms with van der Waals surface area (Å²) in [6.07, 6.45) is -1.43. The second-order valence-corrected chi connectivity index (χ2v) is 11.6. The number of nitrogens with zero attached hydrogens (tertiary/aromatic N) is 7. The van der Waals surface area contributed by atoms with Crippen LogP contribution in [0.15, 0.2) is 49.2 Å². The van der Waals surface area contributed by atoms with Crippen molar-refractivity contribution in [3.63, 3.8) is 0 Å². The van der Waals surface area contributed by atoms with Gasteiger partial charge in [-0.15, -0.1) is 0 Å². The molecule has 1 fully saturated rings. The van der Waals surface area contributed by atoms with Crippen LogP contribution in [-0.4, -0.2) is 63.3 Å². The number of carbonyl (C=O) groups is 3. The number of pyridine rings is 1. The molecule has 2 atom stereocenters. The van der Waals surface area contributed by atoms with E-state index in [0.717, 1.165) is 39.8 Å². The first-order chi connectivity index (χ1) is 20.8. The van der Waals surface area contributed by atoms with Gasteiger partial charge in [0.1, 0.15) is 17.7 Å². The van der Waals surface area contributed by atoms with E-state index in [1.807, 2.05) is 35.9 Å². The summed E-state index contributed by atoms with van der Waals surface area (Å²) in [5, 5.41) is 0. The van der Waals surface area contributed by atoms with Gasteiger partial charge in [0.15, 0.2) is 0 Å². The summed E-state index contributed by atoms with van der Waals surface area (Å²) in [6.45, 7) is 9.07. The number of aromatic nitrogens is 3. The minimum absolute atomic E-state index is 0.0305. The monoisotopic (exact) mass is 607 g/mol. The fourth-order valence-corrected chi connectivity index (χ4v) is 6.55. The number of aryl methyl sites for hydroxylation is 2. The van der Waals surface area contributed by atoms with E-state index in [1.165, 1.54) is 17.9 Å². The highest BCUT2D eigenvalue weighted by molar-refractivity contribution is 6.10. The number of alkyl halides is 3. The minimum Gasteiger partial charge on any atom is -0.363 e. The number of para-hydroxylation sites is 1. The van der Waals surface area contributed by atoms with Gasteiger partial charge in [0.2, 0.25) is 17.7 Å². The van der Waals surface area contributed by atoms with Gasteiger partial charge in [-0.3, -0.25) is 19.3 Å². The zero-order valence-electron chi connectivity index (χ0n) is 24.6. The first kappa shape index (κ1) is 29.4. The molecular formula is C31H32F3N7O3. The highest BCUT2D eigenvalue weighted by atomic mass is 19.4. The van der Waals surface area contributed by atoms with Gasteiger partial charge in [-0.05, 0) is 43.7 Å². The molecule has 0 radical (unpaired) electrons. The van der Waals surface area contributed by atoms with E-state index in [-0.39, 0.29) is 30.4 Å². The number of imidazole rings is 1. The molecule has 0 spiro atoms. The van der Waals surface area contributed by atoms with Crippen LogP contribution in [0.4, 0.5) is 30.4 Å². The van der Waals surface area contributed by atoms with Crippen LogP contribution in [0.5, 0.6) is 0 Å². The number of amides is 3. The van der Waals surface area contributed by atoms with E-state index in [9.17, 15) is 27.6 Å². The quantitative estimate of drug-likeness (QED) is 0.419. The van der Waals surface area contributed by atoms with Crippen LogP contribution >= 0.6 is 0 Å². The van der Waals surface area contributed by atoms with E-state index >= 15 is 0 Å². The molecule has 5 heterocycles. The molecule has 1 aromatic carbocycles. The normalized spacial score (nSPS) is 20.2. The Morgan fingerprint density at radius 3 is 2.64 bits per heavy atom. The van der Waals surface area contributed by atoms with Gasteiger partial charge in [-0.2, -0.15) is 13.2 Å². The Balaban J connectivity index is 1.39. The van der Waals surface area contributed by atoms with Crippen LogP contribution < -0.4 is 14.7 Å². The van der Waals surface area contributed by atoms with Gasteiger partial charge in [-0.25, -0.2) is 9.97 Å². The third-order valence-corrected chi connectivity index (χ3v) is 8.57. The molecule has 3 aliphatic rings. The molecule has 0 saturated carbocycles. The van der Waals surface area contributed by atoms with E-state index in [1.54, 1.807) is 11.9 Å². The number of anilines is 3. The number of likely N-dealkylation sites (N-methyl/N-ethyl adjacent to an activating group) is 1. The number of hydrogen-bond donors (Lipinski definition) is 0. The molecule has 10 nitrogen and oxygen atoms in total. The van der Waals surface area contributed by atoms with Gasteiger partial charge < -0.3 is 19.3 Å². The van der Waals surface area contributed by atoms with Crippen LogP contribution in [0.2, 0.25) is 0 Å². The molecule has 6 rings (SSSR count). The summed E-state index contributed by atoms with van der Waals surface area (Å²) in [7, 11) is 1.62. The van der Waals surface area contributed by atoms with E-state index in [2.05, 4.69) is 16.5 Å². The Bertz CT molecular complexity index is 1680. The summed E-state index contributed by atoms with van der Waals surface area (Å²) in [6, 6.07) is 6.31. The lowest BCUT2D eigenvalue weighted by molar-refractivity contribution is -0.137. The molecule has 0 N–H and O–H groups in total. The van der Waals surface area contributed by atoms with Crippen LogP contribution in [0.1, 0.15) is 34.8 Å². The van der Waals surface area contributed by atoms with Crippen molar-refractivity contribution < 1.29 is 27.6 Å². The maximum atomic E-state index is 14.1. The lowest BCUT2D eigenvalue weighted by atomic mass is 9.95. The van der Waals surface area contributed by atoms with E-state index in [4.69, 9.17) is 4.98 Å². The van der Waals surface area contributed by atoms with Gasteiger partial charge in [0.25, 0.3) is 0 Å². The number of carbonyl (C=O) groups excluding carboxylic acids is 3. The molecule has 1 saturated heterocycles. The minimum atomic E-state index is -4.64. The number of benzene rings is 1. The van der Waals surface area contributed by atoms with Crippen molar-refractivity contribution in [1.82, 2.24) is 19.4 Å². The average Bonchev–Trinajstić information content (AvgIpc) is 3.53. The summed E-state index contributed by atoms with van der Waals surface area (Å²) >= 11 is 0. The molecule has 0 aliphatic carbocycles. The zero-order valence-corrected chi connectivity index (χ0v) is 24.6. The van der Waals surface area contributed by atoms with Crippen LogP contribution in [0.3, 0.4) is 0 Å². The SMILES string of the molecule is C=CC(=O)N1CCn2cc(CN3C[C@H]4CC(=O)N(c5cc(C(F)(F)F)cc(C)n5)[C@@H]4C(=O)N(C)c4cccc(C)c43)nc2C1. The van der Waals surface area contributed by atoms with Gasteiger partial charge in [0, 0.05) is 50.9 Å². The molecule has 2 aromatic heterocycles. The third kappa shape index (κ3) is 5.09. The average molecular weight is 608 g/mol. The Hall–Kier alpha value is -4.68. The number of rotatable bonds is 4. The zero-order chi connectivity index (χ0) is 31.5. The second-order valence-electron chi connectivity index (χ2n) is 11.6. The van der Waals surface area contributed by atoms with Crippen molar-refractivity contribution in [2.24, 2.45) is 5.92 Å². The summed E-state index contributed by atoms with van der Waals surface area (Å²) in [4.78, 5) is 55.2. The number of fused-ring (bicyclic) bond motifs is 3. The Labute approximate surface area is 252 Å². The molecule has 13 heteroatoms. The van der Waals surface area contributed by atoms with Crippen molar-refractivity contribution in [3.8, 4) is 0 Å². The van der Waals surface area contributed by atoms with Crippen molar-refractivity contribution in [1.29, 1.82) is 0 Å². The lowest BCUT2D eigenvalue weighted by Gasteiger charge is -2.39. The molecule has 3 aliphatic heterocycles. The molecule has 230 valence electrons. The summed E-state index contributed by atoms with van der Waals surface area (Å²) in [5.41, 5.74) is 2.27. The fraction of sp³-hybridized carbons (Fsp3) is 0.387. The molecule has 3 amide bonds. The maximum Gasteiger partial charge on any atom is 0.416 e. The molecule has 44 heavy (non-hydrogen) atoms. The maximum absolute atomic E-state index is 14.1. The number of hydrogen-bond acceptors (Lipinski definition) is 6. The first-order valence-corrected chi connectivity index (χ1v) is 14.3. The predicted molar refractivity (Wildman–Crippen MR) is 157 cm³/mol. The van der Waals surface area contributed by atoms with Crippen LogP contribution in [0.25, 0.3) is 0 Å². The Morgan fingerprint density at radius 2 is 1.91 bits per heavy atom. The lowest BCUT2D eigenvalue weighted by Crippen LogP contribution is -2.52. The second kappa shape index (κ2) is 10.8. The highest BCUT2D eigenvalue weighted by Gasteiger charge is 2.49. The summed E-state index contributed by atoms with van der Waals surface area (Å²) in [5.74, 6) is -0.979. The van der Waals surface area contributed by atoms with Crippen molar-refractivity contribution in [2.45, 2.75) is 52.1 Å². The molecule has 0 bridgehead atoms. The van der Waals surface area contributed by atoms with Crippen molar-refractivity contribution >= 4 is 34.9 Å². The standard InChI is InChI=1S/C31H32F3N7O3/c1-5-26(42)39-10-9-38-15-22(36-25(38)17-39)16-40-14-20-12-27(43)41(24-13-21(31(32,33)34)11-19(3)35-24)29(20)30(44)37(4)23-8-6-7-18(2)28(23)40/h5-8,11,13,15,20,29H,1,9-10,12,14,16-17H2,2-4H3/t20-,29+/m1/s1. The number of halogens is 3. The molecular weight excluding hydrogens is 575 g/mol. The Morgan fingerprint density at radius 1 is 1.14 bits per heavy atom. The van der Waals surface area contributed by atoms with Crippen molar-refractivity contribution in [3.05, 3.63) is 77.5 Å². The van der Waals surface area contributed by atoms with Gasteiger partial charge in [0.05, 0.1) is 35.7 Å². The van der Waals surface area contributed by atoms with Crippen LogP contribution in [0, 0.1) is 19.8 Å². The smallest absolute Gasteiger partial charge is 0.363 e. The van der Waals surface area contributed by atoms with E-state index < -0.39 is 35.5 Å². The van der Waals surface area contributed by atoms with Crippen molar-refractivity contribution in [2.75, 3.05) is 34.8 Å². The largest absolute Gasteiger partial charge is 0.416 e. The fourth-order valence-electron chi connectivity index (χ4n) is 6.55. The van der Waals surface area contributed by atoms with Gasteiger partial charge in [-0.1, -0.05) is 18.7 Å². The van der Waals surface area contributed by atoms with Gasteiger partial charge >= 0.3 is 6.18 Å². The van der Waals surface area contributed by atoms with E-state index in [0.29, 0.717) is 31.9 Å². The van der Waals surface area contributed by atoms with Crippen LogP contribution in [-0.2, 0) is 40.2 Å². The molecule has 3 aromatic rings.